The maximum Gasteiger partial charge on any atom is 0.222 e. The molecular formula is C13H18N4O. The van der Waals surface area contributed by atoms with Gasteiger partial charge in [-0.25, -0.2) is 4.98 Å². The van der Waals surface area contributed by atoms with Gasteiger partial charge in [0, 0.05) is 12.5 Å². The first kappa shape index (κ1) is 12.6. The Morgan fingerprint density at radius 3 is 2.83 bits per heavy atom. The van der Waals surface area contributed by atoms with Gasteiger partial charge in [-0.3, -0.25) is 4.79 Å². The lowest BCUT2D eigenvalue weighted by atomic mass is 10.2. The van der Waals surface area contributed by atoms with Crippen molar-refractivity contribution >= 4 is 16.9 Å². The normalized spacial score (nSPS) is 14.4. The lowest BCUT2D eigenvalue weighted by Gasteiger charge is -2.12. The monoisotopic (exact) mass is 246 g/mol. The van der Waals surface area contributed by atoms with Crippen LogP contribution in [0.5, 0.6) is 0 Å². The number of aromatic nitrogens is 2. The molecule has 0 saturated carbocycles. The number of hydrogen-bond donors (Lipinski definition) is 3. The number of hydrogen-bond acceptors (Lipinski definition) is 3. The number of amides is 1. The number of carbonyl (C=O) groups excluding carboxylic acids is 1. The molecule has 1 heterocycles. The van der Waals surface area contributed by atoms with Gasteiger partial charge in [-0.1, -0.05) is 12.1 Å². The average molecular weight is 246 g/mol. The number of fused-ring (bicyclic) bond motifs is 1. The molecule has 0 radical (unpaired) electrons. The van der Waals surface area contributed by atoms with Crippen molar-refractivity contribution in [1.29, 1.82) is 0 Å². The molecule has 2 atom stereocenters. The van der Waals surface area contributed by atoms with Crippen LogP contribution in [-0.4, -0.2) is 21.9 Å². The summed E-state index contributed by atoms with van der Waals surface area (Å²) in [6.07, 6.45) is 0.324. The Hall–Kier alpha value is -1.88. The van der Waals surface area contributed by atoms with E-state index in [2.05, 4.69) is 15.3 Å². The van der Waals surface area contributed by atoms with E-state index in [1.165, 1.54) is 0 Å². The molecule has 1 amide bonds. The van der Waals surface area contributed by atoms with Gasteiger partial charge in [0.25, 0.3) is 0 Å². The molecule has 4 N–H and O–H groups in total. The van der Waals surface area contributed by atoms with Crippen LogP contribution in [-0.2, 0) is 4.79 Å². The van der Waals surface area contributed by atoms with Crippen LogP contribution in [0.3, 0.4) is 0 Å². The Morgan fingerprint density at radius 1 is 1.44 bits per heavy atom. The summed E-state index contributed by atoms with van der Waals surface area (Å²) >= 11 is 0. The third-order valence-electron chi connectivity index (χ3n) is 2.70. The molecule has 18 heavy (non-hydrogen) atoms. The maximum absolute atomic E-state index is 11.6. The predicted octanol–water partition coefficient (Wildman–Crippen LogP) is 1.48. The SMILES string of the molecule is CC(N)CC(=O)NC(C)c1nc2ccccc2[nH]1. The summed E-state index contributed by atoms with van der Waals surface area (Å²) in [4.78, 5) is 19.3. The van der Waals surface area contributed by atoms with Crippen molar-refractivity contribution in [1.82, 2.24) is 15.3 Å². The molecule has 2 aromatic rings. The van der Waals surface area contributed by atoms with Gasteiger partial charge in [0.2, 0.25) is 5.91 Å². The minimum absolute atomic E-state index is 0.0574. The van der Waals surface area contributed by atoms with Crippen LogP contribution in [0.1, 0.15) is 32.1 Å². The van der Waals surface area contributed by atoms with E-state index in [1.54, 1.807) is 0 Å². The highest BCUT2D eigenvalue weighted by Crippen LogP contribution is 2.15. The highest BCUT2D eigenvalue weighted by Gasteiger charge is 2.14. The molecule has 0 fully saturated rings. The van der Waals surface area contributed by atoms with E-state index in [4.69, 9.17) is 5.73 Å². The molecular weight excluding hydrogens is 228 g/mol. The number of rotatable bonds is 4. The summed E-state index contributed by atoms with van der Waals surface area (Å²) in [6, 6.07) is 7.50. The quantitative estimate of drug-likeness (QED) is 0.764. The molecule has 2 unspecified atom stereocenters. The van der Waals surface area contributed by atoms with E-state index in [1.807, 2.05) is 38.1 Å². The highest BCUT2D eigenvalue weighted by atomic mass is 16.1. The Labute approximate surface area is 106 Å². The van der Waals surface area contributed by atoms with Crippen molar-refractivity contribution in [3.8, 4) is 0 Å². The topological polar surface area (TPSA) is 83.8 Å². The second-order valence-electron chi connectivity index (χ2n) is 4.61. The number of imidazole rings is 1. The van der Waals surface area contributed by atoms with Crippen LogP contribution < -0.4 is 11.1 Å². The van der Waals surface area contributed by atoms with Crippen LogP contribution in [0, 0.1) is 0 Å². The minimum atomic E-state index is -0.149. The zero-order valence-corrected chi connectivity index (χ0v) is 10.6. The predicted molar refractivity (Wildman–Crippen MR) is 70.9 cm³/mol. The standard InChI is InChI=1S/C13H18N4O/c1-8(14)7-12(18)15-9(2)13-16-10-5-3-4-6-11(10)17-13/h3-6,8-9H,7,14H2,1-2H3,(H,15,18)(H,16,17). The van der Waals surface area contributed by atoms with Gasteiger partial charge in [0.1, 0.15) is 5.82 Å². The molecule has 5 heteroatoms. The number of nitrogens with one attached hydrogen (secondary N) is 2. The summed E-state index contributed by atoms with van der Waals surface area (Å²) in [5, 5.41) is 2.88. The second-order valence-corrected chi connectivity index (χ2v) is 4.61. The van der Waals surface area contributed by atoms with Gasteiger partial charge in [-0.15, -0.1) is 0 Å². The number of H-pyrrole nitrogens is 1. The minimum Gasteiger partial charge on any atom is -0.346 e. The number of nitrogens with zero attached hydrogens (tertiary/aromatic N) is 1. The summed E-state index contributed by atoms with van der Waals surface area (Å²) in [5.41, 5.74) is 7.46. The number of carbonyl (C=O) groups is 1. The smallest absolute Gasteiger partial charge is 0.222 e. The van der Waals surface area contributed by atoms with E-state index in [0.29, 0.717) is 6.42 Å². The highest BCUT2D eigenvalue weighted by molar-refractivity contribution is 5.77. The lowest BCUT2D eigenvalue weighted by molar-refractivity contribution is -0.122. The molecule has 5 nitrogen and oxygen atoms in total. The van der Waals surface area contributed by atoms with Crippen molar-refractivity contribution in [3.63, 3.8) is 0 Å². The molecule has 0 bridgehead atoms. The van der Waals surface area contributed by atoms with Crippen LogP contribution >= 0.6 is 0 Å². The van der Waals surface area contributed by atoms with E-state index in [0.717, 1.165) is 16.9 Å². The third-order valence-corrected chi connectivity index (χ3v) is 2.70. The fourth-order valence-electron chi connectivity index (χ4n) is 1.84. The molecule has 1 aromatic carbocycles. The number of aromatic amines is 1. The largest absolute Gasteiger partial charge is 0.346 e. The van der Waals surface area contributed by atoms with E-state index < -0.39 is 0 Å². The molecule has 0 aliphatic heterocycles. The van der Waals surface area contributed by atoms with Crippen molar-refractivity contribution in [2.45, 2.75) is 32.4 Å². The fourth-order valence-corrected chi connectivity index (χ4v) is 1.84. The Morgan fingerprint density at radius 2 is 2.17 bits per heavy atom. The number of benzene rings is 1. The first-order valence-electron chi connectivity index (χ1n) is 6.06. The van der Waals surface area contributed by atoms with Gasteiger partial charge >= 0.3 is 0 Å². The number of nitrogens with two attached hydrogens (primary N) is 1. The molecule has 0 spiro atoms. The molecule has 2 rings (SSSR count). The van der Waals surface area contributed by atoms with Gasteiger partial charge in [0.05, 0.1) is 17.1 Å². The zero-order chi connectivity index (χ0) is 13.1. The molecule has 0 saturated heterocycles. The average Bonchev–Trinajstić information content (AvgIpc) is 2.71. The Kier molecular flexibility index (Phi) is 3.62. The van der Waals surface area contributed by atoms with Crippen LogP contribution in [0.2, 0.25) is 0 Å². The Balaban J connectivity index is 2.08. The van der Waals surface area contributed by atoms with E-state index in [-0.39, 0.29) is 18.0 Å². The summed E-state index contributed by atoms with van der Waals surface area (Å²) in [5.74, 6) is 0.701. The molecule has 0 aliphatic carbocycles. The first-order chi connectivity index (χ1) is 8.56. The third kappa shape index (κ3) is 2.87. The molecule has 96 valence electrons. The van der Waals surface area contributed by atoms with Gasteiger partial charge in [0.15, 0.2) is 0 Å². The van der Waals surface area contributed by atoms with Crippen LogP contribution in [0.4, 0.5) is 0 Å². The van der Waals surface area contributed by atoms with Crippen LogP contribution in [0.15, 0.2) is 24.3 Å². The lowest BCUT2D eigenvalue weighted by Crippen LogP contribution is -2.32. The summed E-state index contributed by atoms with van der Waals surface area (Å²) in [6.45, 7) is 3.71. The van der Waals surface area contributed by atoms with Crippen molar-refractivity contribution < 1.29 is 4.79 Å². The van der Waals surface area contributed by atoms with Crippen LogP contribution in [0.25, 0.3) is 11.0 Å². The summed E-state index contributed by atoms with van der Waals surface area (Å²) in [7, 11) is 0. The molecule has 1 aromatic heterocycles. The van der Waals surface area contributed by atoms with Crippen molar-refractivity contribution in [3.05, 3.63) is 30.1 Å². The number of para-hydroxylation sites is 2. The van der Waals surface area contributed by atoms with E-state index in [9.17, 15) is 4.79 Å². The maximum atomic E-state index is 11.6. The first-order valence-corrected chi connectivity index (χ1v) is 6.06. The van der Waals surface area contributed by atoms with E-state index >= 15 is 0 Å². The van der Waals surface area contributed by atoms with Gasteiger partial charge in [-0.2, -0.15) is 0 Å². The fraction of sp³-hybridized carbons (Fsp3) is 0.385. The van der Waals surface area contributed by atoms with Crippen molar-refractivity contribution in [2.24, 2.45) is 5.73 Å². The zero-order valence-electron chi connectivity index (χ0n) is 10.6. The summed E-state index contributed by atoms with van der Waals surface area (Å²) < 4.78 is 0. The van der Waals surface area contributed by atoms with Gasteiger partial charge < -0.3 is 16.0 Å². The molecule has 0 aliphatic rings. The Bertz CT molecular complexity index is 514. The second kappa shape index (κ2) is 5.18. The van der Waals surface area contributed by atoms with Gasteiger partial charge in [-0.05, 0) is 26.0 Å². The van der Waals surface area contributed by atoms with Crippen molar-refractivity contribution in [2.75, 3.05) is 0 Å².